The fourth-order valence-electron chi connectivity index (χ4n) is 1.87. The number of rotatable bonds is 4. The van der Waals surface area contributed by atoms with Gasteiger partial charge in [-0.1, -0.05) is 35.9 Å². The molecule has 0 aliphatic rings. The van der Waals surface area contributed by atoms with Gasteiger partial charge in [0.25, 0.3) is 0 Å². The average Bonchev–Trinajstić information content (AvgIpc) is 2.47. The average molecular weight is 291 g/mol. The molecule has 0 aliphatic carbocycles. The summed E-state index contributed by atoms with van der Waals surface area (Å²) in [4.78, 5) is 15.4. The van der Waals surface area contributed by atoms with Crippen molar-refractivity contribution in [2.75, 3.05) is 12.4 Å². The number of aromatic nitrogens is 1. The molecule has 4 nitrogen and oxygen atoms in total. The maximum atomic E-state index is 11.3. The van der Waals surface area contributed by atoms with E-state index in [2.05, 4.69) is 15.0 Å². The summed E-state index contributed by atoms with van der Waals surface area (Å²) in [7, 11) is 1.32. The lowest BCUT2D eigenvalue weighted by molar-refractivity contribution is 0.187. The first kappa shape index (κ1) is 14.3. The van der Waals surface area contributed by atoms with Gasteiger partial charge in [-0.05, 0) is 36.1 Å². The molecule has 1 amide bonds. The van der Waals surface area contributed by atoms with Crippen LogP contribution in [0.2, 0.25) is 5.02 Å². The normalized spacial score (nSPS) is 10.1. The van der Waals surface area contributed by atoms with Gasteiger partial charge in [0, 0.05) is 11.2 Å². The first-order valence-corrected chi connectivity index (χ1v) is 6.61. The molecular weight excluding hydrogens is 276 g/mol. The van der Waals surface area contributed by atoms with Crippen LogP contribution in [0.15, 0.2) is 42.6 Å². The van der Waals surface area contributed by atoms with Gasteiger partial charge in [-0.25, -0.2) is 9.78 Å². The van der Waals surface area contributed by atoms with E-state index in [9.17, 15) is 4.79 Å². The van der Waals surface area contributed by atoms with Crippen molar-refractivity contribution in [1.29, 1.82) is 0 Å². The number of methoxy groups -OCH3 is 1. The summed E-state index contributed by atoms with van der Waals surface area (Å²) in [6, 6.07) is 11.5. The summed E-state index contributed by atoms with van der Waals surface area (Å²) >= 11 is 6.13. The quantitative estimate of drug-likeness (QED) is 0.934. The molecule has 0 spiro atoms. The summed E-state index contributed by atoms with van der Waals surface area (Å²) in [5.41, 5.74) is 2.01. The van der Waals surface area contributed by atoms with Crippen molar-refractivity contribution >= 4 is 23.5 Å². The lowest BCUT2D eigenvalue weighted by atomic mass is 10.1. The lowest BCUT2D eigenvalue weighted by Crippen LogP contribution is -2.14. The number of anilines is 1. The van der Waals surface area contributed by atoms with Crippen LogP contribution >= 0.6 is 11.6 Å². The summed E-state index contributed by atoms with van der Waals surface area (Å²) < 4.78 is 4.58. The maximum Gasteiger partial charge on any atom is 0.412 e. The monoisotopic (exact) mass is 290 g/mol. The maximum absolute atomic E-state index is 11.3. The van der Waals surface area contributed by atoms with E-state index in [1.54, 1.807) is 6.20 Å². The third-order valence-corrected chi connectivity index (χ3v) is 3.29. The number of ether oxygens (including phenoxy) is 1. The van der Waals surface area contributed by atoms with Crippen LogP contribution in [0.3, 0.4) is 0 Å². The van der Waals surface area contributed by atoms with Gasteiger partial charge in [0.2, 0.25) is 0 Å². The highest BCUT2D eigenvalue weighted by Gasteiger charge is 2.08. The minimum absolute atomic E-state index is 0.520. The Labute approximate surface area is 122 Å². The van der Waals surface area contributed by atoms with Crippen molar-refractivity contribution in [3.05, 3.63) is 58.7 Å². The zero-order chi connectivity index (χ0) is 14.4. The molecule has 0 bridgehead atoms. The Balaban J connectivity index is 2.10. The lowest BCUT2D eigenvalue weighted by Gasteiger charge is -2.09. The first-order valence-electron chi connectivity index (χ1n) is 6.23. The molecular formula is C15H15ClN2O2. The molecule has 104 valence electrons. The number of carbonyl (C=O) groups excluding carboxylic acids is 1. The van der Waals surface area contributed by atoms with Crippen molar-refractivity contribution < 1.29 is 9.53 Å². The Morgan fingerprint density at radius 3 is 2.65 bits per heavy atom. The Kier molecular flexibility index (Phi) is 4.96. The summed E-state index contributed by atoms with van der Waals surface area (Å²) in [5, 5.41) is 3.35. The predicted molar refractivity (Wildman–Crippen MR) is 79.1 cm³/mol. The third kappa shape index (κ3) is 3.71. The SMILES string of the molecule is COC(=O)Nc1ncccc1CCc1ccccc1Cl. The van der Waals surface area contributed by atoms with E-state index in [4.69, 9.17) is 11.6 Å². The van der Waals surface area contributed by atoms with E-state index in [1.165, 1.54) is 7.11 Å². The van der Waals surface area contributed by atoms with Crippen LogP contribution < -0.4 is 5.32 Å². The van der Waals surface area contributed by atoms with E-state index in [1.807, 2.05) is 36.4 Å². The molecule has 20 heavy (non-hydrogen) atoms. The first-order chi connectivity index (χ1) is 9.70. The smallest absolute Gasteiger partial charge is 0.412 e. The Hall–Kier alpha value is -2.07. The fourth-order valence-corrected chi connectivity index (χ4v) is 2.10. The Bertz CT molecular complexity index is 602. The van der Waals surface area contributed by atoms with Crippen LogP contribution in [0.4, 0.5) is 10.6 Å². The molecule has 1 aromatic carbocycles. The highest BCUT2D eigenvalue weighted by Crippen LogP contribution is 2.19. The molecule has 0 fully saturated rings. The van der Waals surface area contributed by atoms with Crippen molar-refractivity contribution in [2.24, 2.45) is 0 Å². The minimum atomic E-state index is -0.525. The van der Waals surface area contributed by atoms with Crippen LogP contribution in [0, 0.1) is 0 Å². The van der Waals surface area contributed by atoms with E-state index >= 15 is 0 Å². The summed E-state index contributed by atoms with van der Waals surface area (Å²) in [5.74, 6) is 0.520. The number of halogens is 1. The van der Waals surface area contributed by atoms with Crippen LogP contribution in [-0.2, 0) is 17.6 Å². The molecule has 1 N–H and O–H groups in total. The number of nitrogens with one attached hydrogen (secondary N) is 1. The number of aryl methyl sites for hydroxylation is 2. The molecule has 0 aliphatic heterocycles. The standard InChI is InChI=1S/C15H15ClN2O2/c1-20-15(19)18-14-12(6-4-10-17-14)9-8-11-5-2-3-7-13(11)16/h2-7,10H,8-9H2,1H3,(H,17,18,19). The van der Waals surface area contributed by atoms with Crippen LogP contribution in [0.5, 0.6) is 0 Å². The zero-order valence-corrected chi connectivity index (χ0v) is 11.9. The molecule has 0 radical (unpaired) electrons. The fraction of sp³-hybridized carbons (Fsp3) is 0.200. The van der Waals surface area contributed by atoms with Gasteiger partial charge in [-0.2, -0.15) is 0 Å². The number of amides is 1. The predicted octanol–water partition coefficient (Wildman–Crippen LogP) is 3.70. The highest BCUT2D eigenvalue weighted by molar-refractivity contribution is 6.31. The van der Waals surface area contributed by atoms with Crippen molar-refractivity contribution in [2.45, 2.75) is 12.8 Å². The van der Waals surface area contributed by atoms with Gasteiger partial charge in [0.1, 0.15) is 5.82 Å². The molecule has 5 heteroatoms. The van der Waals surface area contributed by atoms with Crippen LogP contribution in [0.25, 0.3) is 0 Å². The van der Waals surface area contributed by atoms with Gasteiger partial charge < -0.3 is 4.74 Å². The number of carbonyl (C=O) groups is 1. The second kappa shape index (κ2) is 6.91. The highest BCUT2D eigenvalue weighted by atomic mass is 35.5. The van der Waals surface area contributed by atoms with Crippen LogP contribution in [-0.4, -0.2) is 18.2 Å². The topological polar surface area (TPSA) is 51.2 Å². The van der Waals surface area contributed by atoms with Crippen molar-refractivity contribution in [3.63, 3.8) is 0 Å². The second-order valence-corrected chi connectivity index (χ2v) is 4.63. The largest absolute Gasteiger partial charge is 0.453 e. The Morgan fingerprint density at radius 1 is 1.20 bits per heavy atom. The Morgan fingerprint density at radius 2 is 1.90 bits per heavy atom. The number of hydrogen-bond donors (Lipinski definition) is 1. The minimum Gasteiger partial charge on any atom is -0.453 e. The number of pyridine rings is 1. The molecule has 0 atom stereocenters. The molecule has 0 saturated heterocycles. The van der Waals surface area contributed by atoms with Gasteiger partial charge >= 0.3 is 6.09 Å². The molecule has 1 aromatic heterocycles. The van der Waals surface area contributed by atoms with Crippen molar-refractivity contribution in [1.82, 2.24) is 4.98 Å². The summed E-state index contributed by atoms with van der Waals surface area (Å²) in [6.07, 6.45) is 2.62. The molecule has 2 aromatic rings. The number of hydrogen-bond acceptors (Lipinski definition) is 3. The van der Waals surface area contributed by atoms with Gasteiger partial charge in [-0.15, -0.1) is 0 Å². The second-order valence-electron chi connectivity index (χ2n) is 4.22. The third-order valence-electron chi connectivity index (χ3n) is 2.92. The molecule has 2 rings (SSSR count). The van der Waals surface area contributed by atoms with Gasteiger partial charge in [0.05, 0.1) is 7.11 Å². The van der Waals surface area contributed by atoms with E-state index in [-0.39, 0.29) is 0 Å². The number of nitrogens with zero attached hydrogens (tertiary/aromatic N) is 1. The van der Waals surface area contributed by atoms with E-state index < -0.39 is 6.09 Å². The molecule has 1 heterocycles. The molecule has 0 saturated carbocycles. The van der Waals surface area contributed by atoms with E-state index in [0.717, 1.165) is 29.0 Å². The zero-order valence-electron chi connectivity index (χ0n) is 11.1. The number of benzene rings is 1. The summed E-state index contributed by atoms with van der Waals surface area (Å²) in [6.45, 7) is 0. The van der Waals surface area contributed by atoms with Crippen molar-refractivity contribution in [3.8, 4) is 0 Å². The van der Waals surface area contributed by atoms with Gasteiger partial charge in [0.15, 0.2) is 0 Å². The van der Waals surface area contributed by atoms with Crippen LogP contribution in [0.1, 0.15) is 11.1 Å². The molecule has 0 unspecified atom stereocenters. The van der Waals surface area contributed by atoms with E-state index in [0.29, 0.717) is 5.82 Å². The van der Waals surface area contributed by atoms with Gasteiger partial charge in [-0.3, -0.25) is 5.32 Å².